The zero-order chi connectivity index (χ0) is 13.4. The van der Waals surface area contributed by atoms with Crippen molar-refractivity contribution >= 4 is 17.6 Å². The van der Waals surface area contributed by atoms with E-state index in [2.05, 4.69) is 5.32 Å². The Hall–Kier alpha value is -2.50. The van der Waals surface area contributed by atoms with Gasteiger partial charge in [0.1, 0.15) is 0 Å². The van der Waals surface area contributed by atoms with Gasteiger partial charge in [0.25, 0.3) is 5.91 Å². The maximum absolute atomic E-state index is 11.8. The third-order valence-electron chi connectivity index (χ3n) is 2.84. The summed E-state index contributed by atoms with van der Waals surface area (Å²) in [4.78, 5) is 23.3. The van der Waals surface area contributed by atoms with Gasteiger partial charge in [-0.05, 0) is 19.1 Å². The lowest BCUT2D eigenvalue weighted by Gasteiger charge is -2.02. The molecule has 6 nitrogen and oxygen atoms in total. The standard InChI is InChI=1S/C13H11NO5/c1-2-17-12(15)5-9-7-3-10-11(19-6-18-10)4-8(7)13(16)14-9/h3-5H,2,6H2,1H3,(H,14,16)/b9-5+. The van der Waals surface area contributed by atoms with Crippen LogP contribution >= 0.6 is 0 Å². The molecule has 1 N–H and O–H groups in total. The third kappa shape index (κ3) is 1.91. The first-order chi connectivity index (χ1) is 9.19. The summed E-state index contributed by atoms with van der Waals surface area (Å²) in [6.07, 6.45) is 1.26. The van der Waals surface area contributed by atoms with Gasteiger partial charge in [-0.15, -0.1) is 0 Å². The highest BCUT2D eigenvalue weighted by molar-refractivity contribution is 6.12. The largest absolute Gasteiger partial charge is 0.463 e. The summed E-state index contributed by atoms with van der Waals surface area (Å²) in [5, 5.41) is 2.62. The van der Waals surface area contributed by atoms with E-state index in [4.69, 9.17) is 14.2 Å². The summed E-state index contributed by atoms with van der Waals surface area (Å²) >= 11 is 0. The van der Waals surface area contributed by atoms with Crippen molar-refractivity contribution in [3.63, 3.8) is 0 Å². The molecule has 2 aliphatic rings. The molecule has 0 saturated carbocycles. The Bertz CT molecular complexity index is 605. The summed E-state index contributed by atoms with van der Waals surface area (Å²) in [7, 11) is 0. The van der Waals surface area contributed by atoms with Crippen LogP contribution in [-0.4, -0.2) is 25.3 Å². The molecule has 0 aromatic heterocycles. The number of esters is 1. The van der Waals surface area contributed by atoms with Gasteiger partial charge in [0, 0.05) is 11.6 Å². The fourth-order valence-electron chi connectivity index (χ4n) is 2.03. The number of carbonyl (C=O) groups is 2. The van der Waals surface area contributed by atoms with Crippen molar-refractivity contribution in [1.82, 2.24) is 5.32 Å². The van der Waals surface area contributed by atoms with Crippen LogP contribution in [0.1, 0.15) is 22.8 Å². The number of rotatable bonds is 2. The first kappa shape index (κ1) is 11.6. The minimum atomic E-state index is -0.497. The van der Waals surface area contributed by atoms with Gasteiger partial charge in [-0.3, -0.25) is 4.79 Å². The maximum Gasteiger partial charge on any atom is 0.332 e. The molecule has 1 aromatic carbocycles. The average molecular weight is 261 g/mol. The minimum Gasteiger partial charge on any atom is -0.463 e. The third-order valence-corrected chi connectivity index (χ3v) is 2.84. The highest BCUT2D eigenvalue weighted by Crippen LogP contribution is 2.38. The zero-order valence-electron chi connectivity index (χ0n) is 10.2. The van der Waals surface area contributed by atoms with Crippen LogP contribution in [0.25, 0.3) is 5.70 Å². The van der Waals surface area contributed by atoms with E-state index < -0.39 is 5.97 Å². The predicted octanol–water partition coefficient (Wildman–Crippen LogP) is 1.06. The molecule has 0 saturated heterocycles. The molecule has 0 aliphatic carbocycles. The van der Waals surface area contributed by atoms with Gasteiger partial charge in [0.2, 0.25) is 6.79 Å². The van der Waals surface area contributed by atoms with Crippen molar-refractivity contribution in [2.45, 2.75) is 6.92 Å². The number of hydrogen-bond acceptors (Lipinski definition) is 5. The van der Waals surface area contributed by atoms with Gasteiger partial charge in [0.15, 0.2) is 11.5 Å². The molecule has 0 spiro atoms. The SMILES string of the molecule is CCOC(=O)/C=C1/NC(=O)c2cc3c(cc21)OCO3. The number of benzene rings is 1. The summed E-state index contributed by atoms with van der Waals surface area (Å²) in [5.74, 6) is 0.323. The van der Waals surface area contributed by atoms with Crippen LogP contribution in [0.2, 0.25) is 0 Å². The summed E-state index contributed by atoms with van der Waals surface area (Å²) in [6, 6.07) is 3.29. The normalized spacial score (nSPS) is 17.3. The van der Waals surface area contributed by atoms with Crippen molar-refractivity contribution in [1.29, 1.82) is 0 Å². The van der Waals surface area contributed by atoms with E-state index in [9.17, 15) is 9.59 Å². The Morgan fingerprint density at radius 1 is 1.37 bits per heavy atom. The summed E-state index contributed by atoms with van der Waals surface area (Å²) < 4.78 is 15.3. The second-order valence-corrected chi connectivity index (χ2v) is 4.02. The lowest BCUT2D eigenvalue weighted by molar-refractivity contribution is -0.137. The van der Waals surface area contributed by atoms with Crippen LogP contribution in [0.3, 0.4) is 0 Å². The van der Waals surface area contributed by atoms with Gasteiger partial charge in [-0.1, -0.05) is 0 Å². The van der Waals surface area contributed by atoms with Gasteiger partial charge in [-0.2, -0.15) is 0 Å². The fraction of sp³-hybridized carbons (Fsp3) is 0.231. The molecule has 19 heavy (non-hydrogen) atoms. The molecule has 0 unspecified atom stereocenters. The molecule has 6 heteroatoms. The molecule has 2 heterocycles. The van der Waals surface area contributed by atoms with Crippen LogP contribution in [-0.2, 0) is 9.53 Å². The minimum absolute atomic E-state index is 0.136. The average Bonchev–Trinajstić information content (AvgIpc) is 2.93. The van der Waals surface area contributed by atoms with E-state index >= 15 is 0 Å². The van der Waals surface area contributed by atoms with Crippen molar-refractivity contribution in [2.75, 3.05) is 13.4 Å². The maximum atomic E-state index is 11.8. The highest BCUT2D eigenvalue weighted by atomic mass is 16.7. The van der Waals surface area contributed by atoms with Crippen molar-refractivity contribution in [3.05, 3.63) is 29.3 Å². The molecule has 0 fully saturated rings. The lowest BCUT2D eigenvalue weighted by Crippen LogP contribution is -2.13. The number of amides is 1. The Kier molecular flexibility index (Phi) is 2.63. The Balaban J connectivity index is 2.02. The molecule has 1 amide bonds. The van der Waals surface area contributed by atoms with E-state index in [1.165, 1.54) is 6.08 Å². The molecular weight excluding hydrogens is 250 g/mol. The number of nitrogens with one attached hydrogen (secondary N) is 1. The number of ether oxygens (including phenoxy) is 3. The quantitative estimate of drug-likeness (QED) is 0.636. The smallest absolute Gasteiger partial charge is 0.332 e. The zero-order valence-corrected chi connectivity index (χ0v) is 10.2. The highest BCUT2D eigenvalue weighted by Gasteiger charge is 2.28. The van der Waals surface area contributed by atoms with E-state index in [-0.39, 0.29) is 19.3 Å². The molecule has 2 aliphatic heterocycles. The molecule has 3 rings (SSSR count). The van der Waals surface area contributed by atoms with Gasteiger partial charge < -0.3 is 19.5 Å². The fourth-order valence-corrected chi connectivity index (χ4v) is 2.03. The van der Waals surface area contributed by atoms with Crippen LogP contribution < -0.4 is 14.8 Å². The van der Waals surface area contributed by atoms with E-state index in [0.29, 0.717) is 28.3 Å². The van der Waals surface area contributed by atoms with Crippen LogP contribution in [0, 0.1) is 0 Å². The Morgan fingerprint density at radius 2 is 2.05 bits per heavy atom. The van der Waals surface area contributed by atoms with Crippen molar-refractivity contribution in [2.24, 2.45) is 0 Å². The number of carbonyl (C=O) groups excluding carboxylic acids is 2. The number of fused-ring (bicyclic) bond motifs is 2. The lowest BCUT2D eigenvalue weighted by atomic mass is 10.1. The van der Waals surface area contributed by atoms with E-state index in [1.807, 2.05) is 0 Å². The van der Waals surface area contributed by atoms with Crippen molar-refractivity contribution in [3.8, 4) is 11.5 Å². The number of hydrogen-bond donors (Lipinski definition) is 1. The van der Waals surface area contributed by atoms with E-state index in [0.717, 1.165) is 0 Å². The molecule has 0 bridgehead atoms. The summed E-state index contributed by atoms with van der Waals surface area (Å²) in [5.41, 5.74) is 1.49. The van der Waals surface area contributed by atoms with Crippen LogP contribution in [0.15, 0.2) is 18.2 Å². The molecule has 0 radical (unpaired) electrons. The topological polar surface area (TPSA) is 73.9 Å². The van der Waals surface area contributed by atoms with Gasteiger partial charge in [0.05, 0.1) is 17.9 Å². The van der Waals surface area contributed by atoms with Crippen LogP contribution in [0.5, 0.6) is 11.5 Å². The second kappa shape index (κ2) is 4.31. The Morgan fingerprint density at radius 3 is 2.74 bits per heavy atom. The predicted molar refractivity (Wildman–Crippen MR) is 64.6 cm³/mol. The molecular formula is C13H11NO5. The molecule has 0 atom stereocenters. The first-order valence-electron chi connectivity index (χ1n) is 5.83. The van der Waals surface area contributed by atoms with Crippen LogP contribution in [0.4, 0.5) is 0 Å². The summed E-state index contributed by atoms with van der Waals surface area (Å²) in [6.45, 7) is 2.14. The monoisotopic (exact) mass is 261 g/mol. The van der Waals surface area contributed by atoms with Gasteiger partial charge >= 0.3 is 5.97 Å². The molecule has 1 aromatic rings. The molecule has 98 valence electrons. The van der Waals surface area contributed by atoms with Gasteiger partial charge in [-0.25, -0.2) is 4.79 Å². The second-order valence-electron chi connectivity index (χ2n) is 4.02. The van der Waals surface area contributed by atoms with E-state index in [1.54, 1.807) is 19.1 Å². The van der Waals surface area contributed by atoms with Crippen molar-refractivity contribution < 1.29 is 23.8 Å². The Labute approximate surface area is 108 Å². The first-order valence-corrected chi connectivity index (χ1v) is 5.83.